The molecule has 0 amide bonds. The van der Waals surface area contributed by atoms with Gasteiger partial charge in [0, 0.05) is 41.5 Å². The molecule has 0 saturated heterocycles. The summed E-state index contributed by atoms with van der Waals surface area (Å²) in [6, 6.07) is 13.5. The third-order valence-corrected chi connectivity index (χ3v) is 7.34. The summed E-state index contributed by atoms with van der Waals surface area (Å²) in [7, 11) is 0. The van der Waals surface area contributed by atoms with Gasteiger partial charge in [-0.1, -0.05) is 44.2 Å². The van der Waals surface area contributed by atoms with Crippen molar-refractivity contribution < 1.29 is 14.3 Å². The lowest BCUT2D eigenvalue weighted by molar-refractivity contribution is 0.0986. The van der Waals surface area contributed by atoms with Gasteiger partial charge in [0.05, 0.1) is 5.57 Å². The van der Waals surface area contributed by atoms with Crippen molar-refractivity contribution in [3.63, 3.8) is 0 Å². The zero-order chi connectivity index (χ0) is 25.6. The van der Waals surface area contributed by atoms with Crippen molar-refractivity contribution in [3.8, 4) is 5.75 Å². The molecule has 184 valence electrons. The highest BCUT2D eigenvalue weighted by Gasteiger charge is 2.37. The Hall–Kier alpha value is -3.66. The quantitative estimate of drug-likeness (QED) is 0.340. The minimum absolute atomic E-state index is 0.0833. The van der Waals surface area contributed by atoms with Gasteiger partial charge in [-0.2, -0.15) is 0 Å². The van der Waals surface area contributed by atoms with E-state index in [-0.39, 0.29) is 17.0 Å². The first-order valence-electron chi connectivity index (χ1n) is 12.8. The number of fused-ring (bicyclic) bond motifs is 2. The molecular weight excluding hydrogens is 446 g/mol. The van der Waals surface area contributed by atoms with Gasteiger partial charge in [0.1, 0.15) is 11.5 Å². The second-order valence-electron chi connectivity index (χ2n) is 10.7. The lowest BCUT2D eigenvalue weighted by Gasteiger charge is -2.31. The van der Waals surface area contributed by atoms with Crippen LogP contribution in [-0.4, -0.2) is 24.7 Å². The predicted molar refractivity (Wildman–Crippen MR) is 146 cm³/mol. The van der Waals surface area contributed by atoms with E-state index in [1.165, 1.54) is 0 Å². The van der Waals surface area contributed by atoms with E-state index in [0.717, 1.165) is 59.0 Å². The minimum atomic E-state index is -0.158. The Morgan fingerprint density at radius 2 is 1.58 bits per heavy atom. The van der Waals surface area contributed by atoms with E-state index in [0.29, 0.717) is 23.1 Å². The van der Waals surface area contributed by atoms with E-state index in [4.69, 9.17) is 4.74 Å². The number of allylic oxidation sites excluding steroid dienone is 7. The Balaban J connectivity index is 1.53. The van der Waals surface area contributed by atoms with Crippen molar-refractivity contribution in [1.29, 1.82) is 0 Å². The zero-order valence-electron chi connectivity index (χ0n) is 21.8. The van der Waals surface area contributed by atoms with Crippen molar-refractivity contribution in [3.05, 3.63) is 99.9 Å². The number of carbonyl (C=O) groups is 2. The summed E-state index contributed by atoms with van der Waals surface area (Å²) >= 11 is 0. The Morgan fingerprint density at radius 1 is 0.917 bits per heavy atom. The van der Waals surface area contributed by atoms with Crippen LogP contribution in [-0.2, 0) is 0 Å². The summed E-state index contributed by atoms with van der Waals surface area (Å²) in [5.74, 6) is 1.32. The van der Waals surface area contributed by atoms with Gasteiger partial charge in [-0.25, -0.2) is 0 Å². The Bertz CT molecular complexity index is 1360. The third-order valence-electron chi connectivity index (χ3n) is 7.34. The van der Waals surface area contributed by atoms with E-state index in [9.17, 15) is 9.59 Å². The fraction of sp³-hybridized carbons (Fsp3) is 0.312. The topological polar surface area (TPSA) is 46.6 Å². The lowest BCUT2D eigenvalue weighted by atomic mass is 9.73. The monoisotopic (exact) mass is 479 g/mol. The lowest BCUT2D eigenvalue weighted by Crippen LogP contribution is -2.22. The van der Waals surface area contributed by atoms with Gasteiger partial charge in [-0.3, -0.25) is 9.59 Å². The van der Waals surface area contributed by atoms with Crippen molar-refractivity contribution in [2.45, 2.75) is 47.5 Å². The number of carbonyl (C=O) groups excluding carboxylic acids is 2. The molecular formula is C32H33NO3. The number of hydrogen-bond acceptors (Lipinski definition) is 4. The maximum absolute atomic E-state index is 13.2. The van der Waals surface area contributed by atoms with Crippen LogP contribution in [0.15, 0.2) is 83.2 Å². The summed E-state index contributed by atoms with van der Waals surface area (Å²) in [6.45, 7) is 12.7. The van der Waals surface area contributed by atoms with Crippen LogP contribution in [0.4, 0.5) is 5.69 Å². The molecule has 0 radical (unpaired) electrons. The van der Waals surface area contributed by atoms with Crippen molar-refractivity contribution >= 4 is 22.8 Å². The molecule has 0 bridgehead atoms. The van der Waals surface area contributed by atoms with Crippen LogP contribution in [0, 0.1) is 5.41 Å². The standard InChI is InChI=1S/C32H33NO3/c1-6-33(7-2)23-12-13-25-20(3)14-24(36-28(25)17-23)16-21-15-22(19-32(4,5)18-21)29-30(34)26-10-8-9-11-27(26)31(29)35/h8-17H,6-7,18-19H2,1-5H3. The predicted octanol–water partition coefficient (Wildman–Crippen LogP) is 7.33. The molecule has 0 saturated carbocycles. The van der Waals surface area contributed by atoms with Gasteiger partial charge in [0.2, 0.25) is 0 Å². The fourth-order valence-corrected chi connectivity index (χ4v) is 5.66. The molecule has 0 aromatic heterocycles. The van der Waals surface area contributed by atoms with Gasteiger partial charge in [-0.05, 0) is 80.0 Å². The van der Waals surface area contributed by atoms with E-state index < -0.39 is 0 Å². The van der Waals surface area contributed by atoms with E-state index in [1.807, 2.05) is 18.2 Å². The number of ether oxygens (including phenoxy) is 1. The number of rotatable bonds is 4. The smallest absolute Gasteiger partial charge is 0.197 e. The number of anilines is 1. The number of benzene rings is 2. The first-order chi connectivity index (χ1) is 17.2. The fourth-order valence-electron chi connectivity index (χ4n) is 5.66. The highest BCUT2D eigenvalue weighted by Crippen LogP contribution is 2.43. The number of nitrogens with zero attached hydrogens (tertiary/aromatic N) is 1. The van der Waals surface area contributed by atoms with Gasteiger partial charge in [0.25, 0.3) is 0 Å². The zero-order valence-corrected chi connectivity index (χ0v) is 21.8. The molecule has 4 nitrogen and oxygen atoms in total. The van der Waals surface area contributed by atoms with E-state index in [2.05, 4.69) is 69.9 Å². The van der Waals surface area contributed by atoms with Crippen LogP contribution < -0.4 is 9.64 Å². The van der Waals surface area contributed by atoms with Crippen LogP contribution in [0.25, 0.3) is 5.57 Å². The molecule has 5 rings (SSSR count). The summed E-state index contributed by atoms with van der Waals surface area (Å²) in [5, 5.41) is 0. The molecule has 1 aliphatic heterocycles. The molecule has 2 aromatic carbocycles. The molecule has 0 atom stereocenters. The second kappa shape index (κ2) is 9.09. The number of Topliss-reactive ketones (excluding diaryl/α,β-unsaturated/α-hetero) is 2. The maximum atomic E-state index is 13.2. The molecule has 3 aliphatic rings. The van der Waals surface area contributed by atoms with Gasteiger partial charge in [-0.15, -0.1) is 0 Å². The largest absolute Gasteiger partial charge is 0.457 e. The first kappa shape index (κ1) is 24.1. The van der Waals surface area contributed by atoms with Crippen LogP contribution in [0.5, 0.6) is 5.75 Å². The average Bonchev–Trinajstić information content (AvgIpc) is 3.09. The van der Waals surface area contributed by atoms with Gasteiger partial charge < -0.3 is 9.64 Å². The average molecular weight is 480 g/mol. The van der Waals surface area contributed by atoms with Crippen molar-refractivity contribution in [1.82, 2.24) is 0 Å². The normalized spacial score (nSPS) is 19.5. The van der Waals surface area contributed by atoms with Crippen molar-refractivity contribution in [2.75, 3.05) is 18.0 Å². The van der Waals surface area contributed by atoms with Gasteiger partial charge >= 0.3 is 0 Å². The van der Waals surface area contributed by atoms with Crippen molar-refractivity contribution in [2.24, 2.45) is 5.41 Å². The third kappa shape index (κ3) is 4.26. The molecule has 0 spiro atoms. The summed E-state index contributed by atoms with van der Waals surface area (Å²) in [4.78, 5) is 28.6. The Morgan fingerprint density at radius 3 is 2.22 bits per heavy atom. The molecule has 0 N–H and O–H groups in total. The second-order valence-corrected chi connectivity index (χ2v) is 10.7. The highest BCUT2D eigenvalue weighted by molar-refractivity contribution is 6.40. The molecule has 0 unspecified atom stereocenters. The Kier molecular flexibility index (Phi) is 6.07. The maximum Gasteiger partial charge on any atom is 0.197 e. The van der Waals surface area contributed by atoms with E-state index in [1.54, 1.807) is 12.1 Å². The number of ketones is 2. The molecule has 2 aliphatic carbocycles. The first-order valence-corrected chi connectivity index (χ1v) is 12.8. The van der Waals surface area contributed by atoms with Crippen LogP contribution in [0.3, 0.4) is 0 Å². The highest BCUT2D eigenvalue weighted by atomic mass is 16.5. The molecule has 0 fully saturated rings. The molecule has 1 heterocycles. The SMILES string of the molecule is CCN(CC)c1ccc2c(c1)OC(=CC1=CC(=C3C(=O)c4ccccc4C3=O)CC(C)(C)C1)C=C2C. The van der Waals surface area contributed by atoms with E-state index >= 15 is 0 Å². The summed E-state index contributed by atoms with van der Waals surface area (Å²) < 4.78 is 6.37. The molecule has 36 heavy (non-hydrogen) atoms. The number of hydrogen-bond donors (Lipinski definition) is 0. The Labute approximate surface area is 213 Å². The van der Waals surface area contributed by atoms with Crippen LogP contribution in [0.1, 0.15) is 73.7 Å². The van der Waals surface area contributed by atoms with Crippen LogP contribution >= 0.6 is 0 Å². The molecule has 2 aromatic rings. The summed E-state index contributed by atoms with van der Waals surface area (Å²) in [5.41, 5.74) is 6.55. The minimum Gasteiger partial charge on any atom is -0.457 e. The molecule has 4 heteroatoms. The van der Waals surface area contributed by atoms with Crippen LogP contribution in [0.2, 0.25) is 0 Å². The van der Waals surface area contributed by atoms with Gasteiger partial charge in [0.15, 0.2) is 11.6 Å². The summed E-state index contributed by atoms with van der Waals surface area (Å²) in [6.07, 6.45) is 7.69.